The van der Waals surface area contributed by atoms with Gasteiger partial charge < -0.3 is 20.1 Å². The molecule has 20 heavy (non-hydrogen) atoms. The maximum absolute atomic E-state index is 11.7. The van der Waals surface area contributed by atoms with Crippen molar-refractivity contribution in [3.05, 3.63) is 35.9 Å². The second-order valence-corrected chi connectivity index (χ2v) is 4.79. The Hall–Kier alpha value is -2.08. The lowest BCUT2D eigenvalue weighted by Gasteiger charge is -2.39. The molecule has 1 saturated heterocycles. The molecule has 0 aliphatic carbocycles. The molecule has 0 unspecified atom stereocenters. The van der Waals surface area contributed by atoms with Gasteiger partial charge in [-0.15, -0.1) is 0 Å². The normalized spacial score (nSPS) is 15.8. The monoisotopic (exact) mass is 278 g/mol. The summed E-state index contributed by atoms with van der Waals surface area (Å²) in [6.07, 6.45) is -0.538. The number of amides is 1. The van der Waals surface area contributed by atoms with Gasteiger partial charge in [0.15, 0.2) is 0 Å². The van der Waals surface area contributed by atoms with Crippen molar-refractivity contribution in [2.24, 2.45) is 5.41 Å². The Morgan fingerprint density at radius 2 is 2.00 bits per heavy atom. The lowest BCUT2D eigenvalue weighted by atomic mass is 9.82. The number of hydrogen-bond acceptors (Lipinski definition) is 5. The minimum absolute atomic E-state index is 0.205. The Morgan fingerprint density at radius 3 is 2.55 bits per heavy atom. The van der Waals surface area contributed by atoms with Crippen LogP contribution in [0.3, 0.4) is 0 Å². The summed E-state index contributed by atoms with van der Waals surface area (Å²) in [5, 5.41) is 5.61. The number of esters is 1. The Kier molecular flexibility index (Phi) is 4.57. The fourth-order valence-corrected chi connectivity index (χ4v) is 2.00. The van der Waals surface area contributed by atoms with Gasteiger partial charge in [-0.05, 0) is 5.56 Å². The van der Waals surface area contributed by atoms with Crippen LogP contribution < -0.4 is 10.6 Å². The summed E-state index contributed by atoms with van der Waals surface area (Å²) in [7, 11) is 1.34. The standard InChI is InChI=1S/C14H18N2O4/c1-19-12(17)14(8-15-9-14)10-16-13(18)20-7-11-5-3-2-4-6-11/h2-6,15H,7-10H2,1H3,(H,16,18). The highest BCUT2D eigenvalue weighted by molar-refractivity contribution is 5.80. The van der Waals surface area contributed by atoms with Crippen molar-refractivity contribution in [3.63, 3.8) is 0 Å². The van der Waals surface area contributed by atoms with E-state index in [1.807, 2.05) is 30.3 Å². The molecule has 6 heteroatoms. The number of nitrogens with one attached hydrogen (secondary N) is 2. The van der Waals surface area contributed by atoms with Crippen LogP contribution in [0.25, 0.3) is 0 Å². The van der Waals surface area contributed by atoms with Crippen molar-refractivity contribution in [1.29, 1.82) is 0 Å². The SMILES string of the molecule is COC(=O)C1(CNC(=O)OCc2ccccc2)CNC1. The second-order valence-electron chi connectivity index (χ2n) is 4.79. The van der Waals surface area contributed by atoms with Crippen LogP contribution in [0.2, 0.25) is 0 Å². The van der Waals surface area contributed by atoms with E-state index in [4.69, 9.17) is 9.47 Å². The quantitative estimate of drug-likeness (QED) is 0.774. The number of ether oxygens (including phenoxy) is 2. The molecule has 1 heterocycles. The van der Waals surface area contributed by atoms with Crippen LogP contribution in [0.1, 0.15) is 5.56 Å². The predicted octanol–water partition coefficient (Wildman–Crippen LogP) is 0.675. The molecule has 2 rings (SSSR count). The highest BCUT2D eigenvalue weighted by Gasteiger charge is 2.45. The summed E-state index contributed by atoms with van der Waals surface area (Å²) in [6.45, 7) is 1.41. The summed E-state index contributed by atoms with van der Waals surface area (Å²) in [5.74, 6) is -0.320. The van der Waals surface area contributed by atoms with E-state index < -0.39 is 11.5 Å². The van der Waals surface area contributed by atoms with E-state index in [0.29, 0.717) is 13.1 Å². The van der Waals surface area contributed by atoms with Crippen LogP contribution in [0.4, 0.5) is 4.79 Å². The van der Waals surface area contributed by atoms with Crippen molar-refractivity contribution in [1.82, 2.24) is 10.6 Å². The fourth-order valence-electron chi connectivity index (χ4n) is 2.00. The van der Waals surface area contributed by atoms with Gasteiger partial charge in [-0.25, -0.2) is 4.79 Å². The molecule has 6 nitrogen and oxygen atoms in total. The van der Waals surface area contributed by atoms with E-state index in [0.717, 1.165) is 5.56 Å². The predicted molar refractivity (Wildman–Crippen MR) is 71.9 cm³/mol. The minimum atomic E-state index is -0.666. The zero-order valence-electron chi connectivity index (χ0n) is 11.3. The van der Waals surface area contributed by atoms with E-state index in [-0.39, 0.29) is 19.1 Å². The van der Waals surface area contributed by atoms with Crippen LogP contribution in [0, 0.1) is 5.41 Å². The van der Waals surface area contributed by atoms with Crippen molar-refractivity contribution in [3.8, 4) is 0 Å². The maximum atomic E-state index is 11.7. The third kappa shape index (κ3) is 3.27. The molecule has 1 aromatic rings. The third-order valence-electron chi connectivity index (χ3n) is 3.33. The van der Waals surface area contributed by atoms with Gasteiger partial charge in [0.25, 0.3) is 0 Å². The molecule has 1 fully saturated rings. The van der Waals surface area contributed by atoms with Crippen LogP contribution in [0.5, 0.6) is 0 Å². The van der Waals surface area contributed by atoms with Gasteiger partial charge in [0.05, 0.1) is 7.11 Å². The molecule has 0 radical (unpaired) electrons. The van der Waals surface area contributed by atoms with Gasteiger partial charge in [-0.3, -0.25) is 4.79 Å². The summed E-state index contributed by atoms with van der Waals surface area (Å²) in [6, 6.07) is 9.40. The zero-order chi connectivity index (χ0) is 14.4. The Balaban J connectivity index is 1.76. The number of benzene rings is 1. The Bertz CT molecular complexity index is 471. The molecule has 108 valence electrons. The van der Waals surface area contributed by atoms with Gasteiger partial charge >= 0.3 is 12.1 Å². The number of carbonyl (C=O) groups excluding carboxylic acids is 2. The molecule has 1 aliphatic heterocycles. The van der Waals surface area contributed by atoms with Gasteiger partial charge in [-0.1, -0.05) is 30.3 Å². The average molecular weight is 278 g/mol. The number of rotatable bonds is 5. The first-order chi connectivity index (χ1) is 9.66. The van der Waals surface area contributed by atoms with Crippen molar-refractivity contribution < 1.29 is 19.1 Å². The zero-order valence-corrected chi connectivity index (χ0v) is 11.3. The van der Waals surface area contributed by atoms with Crippen LogP contribution in [-0.4, -0.2) is 38.8 Å². The first-order valence-corrected chi connectivity index (χ1v) is 6.40. The molecular weight excluding hydrogens is 260 g/mol. The average Bonchev–Trinajstić information content (AvgIpc) is 2.44. The highest BCUT2D eigenvalue weighted by atomic mass is 16.5. The molecule has 0 aromatic heterocycles. The summed E-state index contributed by atoms with van der Waals surface area (Å²) in [4.78, 5) is 23.3. The largest absolute Gasteiger partial charge is 0.468 e. The van der Waals surface area contributed by atoms with Crippen LogP contribution in [0.15, 0.2) is 30.3 Å². The first-order valence-electron chi connectivity index (χ1n) is 6.40. The smallest absolute Gasteiger partial charge is 0.407 e. The molecule has 1 aliphatic rings. The number of methoxy groups -OCH3 is 1. The third-order valence-corrected chi connectivity index (χ3v) is 3.33. The molecule has 0 spiro atoms. The topological polar surface area (TPSA) is 76.7 Å². The summed E-state index contributed by atoms with van der Waals surface area (Å²) < 4.78 is 9.83. The van der Waals surface area contributed by atoms with E-state index in [1.54, 1.807) is 0 Å². The van der Waals surface area contributed by atoms with E-state index in [2.05, 4.69) is 10.6 Å². The van der Waals surface area contributed by atoms with Crippen LogP contribution in [-0.2, 0) is 20.9 Å². The number of hydrogen-bond donors (Lipinski definition) is 2. The molecular formula is C14H18N2O4. The van der Waals surface area contributed by atoms with E-state index in [1.165, 1.54) is 7.11 Å². The van der Waals surface area contributed by atoms with Crippen molar-refractivity contribution in [2.45, 2.75) is 6.61 Å². The molecule has 2 N–H and O–H groups in total. The molecule has 1 amide bonds. The Labute approximate surface area is 117 Å². The summed E-state index contributed by atoms with van der Waals surface area (Å²) >= 11 is 0. The lowest BCUT2D eigenvalue weighted by molar-refractivity contribution is -0.155. The maximum Gasteiger partial charge on any atom is 0.407 e. The first kappa shape index (κ1) is 14.3. The van der Waals surface area contributed by atoms with Gasteiger partial charge in [0.1, 0.15) is 12.0 Å². The molecule has 0 bridgehead atoms. The van der Waals surface area contributed by atoms with Gasteiger partial charge in [-0.2, -0.15) is 0 Å². The van der Waals surface area contributed by atoms with Crippen molar-refractivity contribution >= 4 is 12.1 Å². The van der Waals surface area contributed by atoms with Gasteiger partial charge in [0.2, 0.25) is 0 Å². The molecule has 1 aromatic carbocycles. The molecule has 0 atom stereocenters. The Morgan fingerprint density at radius 1 is 1.30 bits per heavy atom. The van der Waals surface area contributed by atoms with E-state index in [9.17, 15) is 9.59 Å². The minimum Gasteiger partial charge on any atom is -0.468 e. The number of alkyl carbamates (subject to hydrolysis) is 1. The van der Waals surface area contributed by atoms with E-state index >= 15 is 0 Å². The van der Waals surface area contributed by atoms with Gasteiger partial charge in [0, 0.05) is 19.6 Å². The van der Waals surface area contributed by atoms with Crippen molar-refractivity contribution in [2.75, 3.05) is 26.7 Å². The summed E-state index contributed by atoms with van der Waals surface area (Å²) in [5.41, 5.74) is 0.246. The second kappa shape index (κ2) is 6.38. The highest BCUT2D eigenvalue weighted by Crippen LogP contribution is 2.23. The van der Waals surface area contributed by atoms with Crippen LogP contribution >= 0.6 is 0 Å². The fraction of sp³-hybridized carbons (Fsp3) is 0.429. The molecule has 0 saturated carbocycles. The number of carbonyl (C=O) groups is 2. The lowest BCUT2D eigenvalue weighted by Crippen LogP contribution is -2.63.